The van der Waals surface area contributed by atoms with Crippen molar-refractivity contribution in [3.05, 3.63) is 0 Å². The molecule has 2 aliphatic rings. The average molecular weight is 335 g/mol. The molecule has 1 saturated heterocycles. The summed E-state index contributed by atoms with van der Waals surface area (Å²) in [5.74, 6) is 2.12. The number of hydrogen-bond donors (Lipinski definition) is 0. The van der Waals surface area contributed by atoms with Crippen molar-refractivity contribution >= 4 is 45.5 Å². The molecule has 1 nitrogen and oxygen atoms in total. The van der Waals surface area contributed by atoms with E-state index in [-0.39, 0.29) is 0 Å². The first-order chi connectivity index (χ1) is 3.79. The van der Waals surface area contributed by atoms with Gasteiger partial charge in [0.2, 0.25) is 0 Å². The van der Waals surface area contributed by atoms with E-state index in [9.17, 15) is 0 Å². The van der Waals surface area contributed by atoms with Crippen LogP contribution in [0.3, 0.4) is 0 Å². The highest BCUT2D eigenvalue weighted by molar-refractivity contribution is 14.1. The summed E-state index contributed by atoms with van der Waals surface area (Å²) in [6.07, 6.45) is 0. The van der Waals surface area contributed by atoms with Crippen LogP contribution in [0.5, 0.6) is 0 Å². The molecule has 1 heterocycles. The van der Waals surface area contributed by atoms with E-state index < -0.39 is 0 Å². The lowest BCUT2D eigenvalue weighted by molar-refractivity contribution is 0.565. The number of alkyl halides is 1. The molecule has 2 atom stereocenters. The summed E-state index contributed by atoms with van der Waals surface area (Å²) < 4.78 is 3.43. The van der Waals surface area contributed by atoms with Crippen LogP contribution in [0.15, 0.2) is 0 Å². The largest absolute Gasteiger partial charge is 0.247 e. The number of hydrogen-bond acceptors (Lipinski definition) is 1. The molecule has 1 aliphatic heterocycles. The summed E-state index contributed by atoms with van der Waals surface area (Å²) >= 11 is 4.99. The smallest absolute Gasteiger partial charge is 0.0201 e. The first kappa shape index (κ1) is 6.15. The van der Waals surface area contributed by atoms with Crippen molar-refractivity contribution in [2.75, 3.05) is 13.1 Å². The van der Waals surface area contributed by atoms with Crippen molar-refractivity contribution in [3.8, 4) is 0 Å². The summed E-state index contributed by atoms with van der Waals surface area (Å²) in [5.41, 5.74) is 0. The third-order valence-electron chi connectivity index (χ3n) is 2.04. The first-order valence-corrected chi connectivity index (χ1v) is 5.05. The van der Waals surface area contributed by atoms with Crippen LogP contribution in [0.2, 0.25) is 0 Å². The maximum absolute atomic E-state index is 2.57. The molecule has 0 bridgehead atoms. The third-order valence-corrected chi connectivity index (χ3v) is 4.68. The number of halogens is 2. The molecule has 46 valence electrons. The molecular weight excluding hydrogens is 328 g/mol. The monoisotopic (exact) mass is 335 g/mol. The van der Waals surface area contributed by atoms with Crippen molar-refractivity contribution in [2.45, 2.75) is 3.92 Å². The molecule has 0 aromatic heterocycles. The van der Waals surface area contributed by atoms with Crippen LogP contribution in [-0.4, -0.2) is 20.1 Å². The molecule has 0 N–H and O–H groups in total. The molecular formula is C5H7I2N. The van der Waals surface area contributed by atoms with Gasteiger partial charge in [0.15, 0.2) is 0 Å². The van der Waals surface area contributed by atoms with Crippen molar-refractivity contribution in [3.63, 3.8) is 0 Å². The molecule has 0 aromatic carbocycles. The molecule has 1 aliphatic carbocycles. The predicted octanol–water partition coefficient (Wildman–Crippen LogP) is 1.70. The number of fused-ring (bicyclic) bond motifs is 1. The Morgan fingerprint density at radius 1 is 1.25 bits per heavy atom. The Kier molecular flexibility index (Phi) is 1.50. The van der Waals surface area contributed by atoms with Crippen molar-refractivity contribution in [1.82, 2.24) is 3.11 Å². The van der Waals surface area contributed by atoms with Gasteiger partial charge in [0, 0.05) is 39.9 Å². The lowest BCUT2D eigenvalue weighted by Crippen LogP contribution is -2.11. The zero-order valence-corrected chi connectivity index (χ0v) is 8.66. The van der Waals surface area contributed by atoms with Crippen LogP contribution >= 0.6 is 45.5 Å². The minimum absolute atomic E-state index is 1.03. The molecule has 2 unspecified atom stereocenters. The van der Waals surface area contributed by atoms with Gasteiger partial charge < -0.3 is 0 Å². The number of nitrogens with zero attached hydrogens (tertiary/aromatic N) is 1. The quantitative estimate of drug-likeness (QED) is 0.370. The van der Waals surface area contributed by atoms with Crippen molar-refractivity contribution < 1.29 is 0 Å². The van der Waals surface area contributed by atoms with Crippen LogP contribution in [0.25, 0.3) is 0 Å². The summed E-state index contributed by atoms with van der Waals surface area (Å²) in [4.78, 5) is 0. The highest BCUT2D eigenvalue weighted by Crippen LogP contribution is 2.51. The third kappa shape index (κ3) is 0.811. The number of rotatable bonds is 0. The lowest BCUT2D eigenvalue weighted by Gasteiger charge is -2.06. The van der Waals surface area contributed by atoms with Gasteiger partial charge in [0.25, 0.3) is 0 Å². The predicted molar refractivity (Wildman–Crippen MR) is 50.4 cm³/mol. The number of piperidine rings is 1. The second-order valence-corrected chi connectivity index (χ2v) is 5.40. The van der Waals surface area contributed by atoms with Crippen molar-refractivity contribution in [2.24, 2.45) is 11.8 Å². The maximum Gasteiger partial charge on any atom is 0.0201 e. The van der Waals surface area contributed by atoms with Gasteiger partial charge in [-0.2, -0.15) is 0 Å². The molecule has 0 aromatic rings. The normalized spacial score (nSPS) is 54.0. The zero-order valence-electron chi connectivity index (χ0n) is 4.35. The zero-order chi connectivity index (χ0) is 5.72. The van der Waals surface area contributed by atoms with Gasteiger partial charge in [-0.25, -0.2) is 3.11 Å². The Bertz CT molecular complexity index is 105. The fraction of sp³-hybridized carbons (Fsp3) is 1.00. The van der Waals surface area contributed by atoms with Gasteiger partial charge in [0.1, 0.15) is 0 Å². The highest BCUT2D eigenvalue weighted by Gasteiger charge is 2.53. The minimum atomic E-state index is 1.03. The second-order valence-electron chi connectivity index (χ2n) is 2.60. The Labute approximate surface area is 76.8 Å². The summed E-state index contributed by atoms with van der Waals surface area (Å²) in [6, 6.07) is 0. The van der Waals surface area contributed by atoms with Gasteiger partial charge in [-0.05, 0) is 11.8 Å². The molecule has 0 spiro atoms. The molecule has 2 rings (SSSR count). The average Bonchev–Trinajstić information content (AvgIpc) is 2.29. The van der Waals surface area contributed by atoms with Gasteiger partial charge in [-0.3, -0.25) is 0 Å². The van der Waals surface area contributed by atoms with Crippen LogP contribution in [-0.2, 0) is 0 Å². The molecule has 0 amide bonds. The van der Waals surface area contributed by atoms with Crippen LogP contribution in [0.1, 0.15) is 0 Å². The molecule has 8 heavy (non-hydrogen) atoms. The Balaban J connectivity index is 2.00. The van der Waals surface area contributed by atoms with E-state index in [1.807, 2.05) is 0 Å². The van der Waals surface area contributed by atoms with E-state index in [0.29, 0.717) is 0 Å². The minimum Gasteiger partial charge on any atom is -0.247 e. The van der Waals surface area contributed by atoms with Gasteiger partial charge in [-0.1, -0.05) is 22.6 Å². The van der Waals surface area contributed by atoms with Gasteiger partial charge >= 0.3 is 0 Å². The van der Waals surface area contributed by atoms with Gasteiger partial charge in [-0.15, -0.1) is 0 Å². The molecule has 3 heteroatoms. The summed E-state index contributed by atoms with van der Waals surface area (Å²) in [5, 5.41) is 0. The first-order valence-electron chi connectivity index (χ1n) is 2.84. The lowest BCUT2D eigenvalue weighted by atomic mass is 10.4. The van der Waals surface area contributed by atoms with Crippen LogP contribution < -0.4 is 0 Å². The van der Waals surface area contributed by atoms with E-state index in [4.69, 9.17) is 0 Å². The van der Waals surface area contributed by atoms with E-state index >= 15 is 0 Å². The van der Waals surface area contributed by atoms with E-state index in [2.05, 4.69) is 48.6 Å². The Morgan fingerprint density at radius 2 is 1.75 bits per heavy atom. The topological polar surface area (TPSA) is 3.24 Å². The van der Waals surface area contributed by atoms with Crippen LogP contribution in [0.4, 0.5) is 0 Å². The Morgan fingerprint density at radius 3 is 2.12 bits per heavy atom. The highest BCUT2D eigenvalue weighted by atomic mass is 127. The Hall–Kier alpha value is 1.42. The van der Waals surface area contributed by atoms with E-state index in [1.165, 1.54) is 13.1 Å². The summed E-state index contributed by atoms with van der Waals surface area (Å²) in [7, 11) is 0. The maximum atomic E-state index is 2.57. The molecule has 2 fully saturated rings. The second kappa shape index (κ2) is 1.95. The standard InChI is InChI=1S/C5H7I2N/c6-5-3-1-8(7)2-4(3)5/h3-5H,1-2H2. The van der Waals surface area contributed by atoms with E-state index in [0.717, 1.165) is 15.8 Å². The SMILES string of the molecule is IC1C2CN(I)CC12. The van der Waals surface area contributed by atoms with E-state index in [1.54, 1.807) is 0 Å². The van der Waals surface area contributed by atoms with Crippen molar-refractivity contribution in [1.29, 1.82) is 0 Å². The molecule has 0 radical (unpaired) electrons. The molecule has 1 saturated carbocycles. The fourth-order valence-electron chi connectivity index (χ4n) is 1.40. The van der Waals surface area contributed by atoms with Crippen LogP contribution in [0, 0.1) is 11.8 Å². The fourth-order valence-corrected chi connectivity index (χ4v) is 3.59. The van der Waals surface area contributed by atoms with Gasteiger partial charge in [0.05, 0.1) is 0 Å². The summed E-state index contributed by atoms with van der Waals surface area (Å²) in [6.45, 7) is 2.69.